The lowest BCUT2D eigenvalue weighted by molar-refractivity contribution is -0.711. The molecule has 10 nitrogen and oxygen atoms in total. The summed E-state index contributed by atoms with van der Waals surface area (Å²) < 4.78 is 8.64. The number of methoxy groups -OCH3 is 1. The number of rotatable bonds is 6. The van der Waals surface area contributed by atoms with Crippen molar-refractivity contribution in [2.24, 2.45) is 5.28 Å². The summed E-state index contributed by atoms with van der Waals surface area (Å²) in [6, 6.07) is -1.09. The fourth-order valence-electron chi connectivity index (χ4n) is 0.677. The first kappa shape index (κ1) is 15.7. The van der Waals surface area contributed by atoms with Crippen molar-refractivity contribution in [1.29, 1.82) is 0 Å². The Bertz CT molecular complexity index is 333. The molecule has 0 aliphatic carbocycles. The number of hydrazine groups is 1. The van der Waals surface area contributed by atoms with E-state index in [0.717, 1.165) is 12.1 Å². The number of likely N-dealkylation sites (N-methyl/N-ethyl adjacent to an activating group) is 1. The zero-order valence-electron chi connectivity index (χ0n) is 10.4. The summed E-state index contributed by atoms with van der Waals surface area (Å²) in [5, 5.41) is 23.7. The maximum Gasteiger partial charge on any atom is 0.511 e. The Morgan fingerprint density at radius 1 is 1.44 bits per heavy atom. The van der Waals surface area contributed by atoms with Gasteiger partial charge in [-0.25, -0.2) is 9.59 Å². The molecule has 0 aromatic rings. The van der Waals surface area contributed by atoms with Gasteiger partial charge in [0.25, 0.3) is 6.29 Å². The summed E-state index contributed by atoms with van der Waals surface area (Å²) in [6.07, 6.45) is -2.15. The van der Waals surface area contributed by atoms with Crippen molar-refractivity contribution in [3.8, 4) is 0 Å². The Morgan fingerprint density at radius 3 is 2.44 bits per heavy atom. The van der Waals surface area contributed by atoms with Crippen LogP contribution in [0.3, 0.4) is 0 Å². The highest BCUT2D eigenvalue weighted by Crippen LogP contribution is 2.00. The van der Waals surface area contributed by atoms with E-state index in [2.05, 4.69) is 19.6 Å². The predicted octanol–water partition coefficient (Wildman–Crippen LogP) is 0.329. The molecule has 0 aromatic heterocycles. The minimum absolute atomic E-state index is 0.0735. The Labute approximate surface area is 103 Å². The first-order chi connectivity index (χ1) is 8.29. The Kier molecular flexibility index (Phi) is 6.24. The standard InChI is InChI=1S/C8H15N3O7/c1-5(7(12)13)10(3)11(15)9-18-6(2)17-8(14)16-4/h5-6H,1-4H3,(H,12,13)/t5-,6?/m0/s1. The first-order valence-electron chi connectivity index (χ1n) is 4.83. The van der Waals surface area contributed by atoms with E-state index in [0.29, 0.717) is 0 Å². The largest absolute Gasteiger partial charge is 0.569 e. The zero-order chi connectivity index (χ0) is 14.3. The van der Waals surface area contributed by atoms with Crippen molar-refractivity contribution in [2.75, 3.05) is 14.2 Å². The normalized spacial score (nSPS) is 14.3. The smallest absolute Gasteiger partial charge is 0.511 e. The summed E-state index contributed by atoms with van der Waals surface area (Å²) in [6.45, 7) is 2.59. The van der Waals surface area contributed by atoms with E-state index >= 15 is 0 Å². The molecule has 18 heavy (non-hydrogen) atoms. The van der Waals surface area contributed by atoms with Crippen LogP contribution in [-0.2, 0) is 19.1 Å². The van der Waals surface area contributed by atoms with Gasteiger partial charge >= 0.3 is 12.1 Å². The quantitative estimate of drug-likeness (QED) is 0.239. The number of aliphatic carboxylic acids is 1. The lowest BCUT2D eigenvalue weighted by atomic mass is 10.3. The summed E-state index contributed by atoms with van der Waals surface area (Å²) in [5.74, 6) is -1.20. The molecule has 2 atom stereocenters. The highest BCUT2D eigenvalue weighted by atomic mass is 16.8. The summed E-state index contributed by atoms with van der Waals surface area (Å²) >= 11 is 0. The van der Waals surface area contributed by atoms with Crippen LogP contribution in [0.2, 0.25) is 0 Å². The SMILES string of the molecule is COC(=O)OC(C)ON=[N+]([O-])N(C)[C@@H](C)C(=O)O. The van der Waals surface area contributed by atoms with Crippen LogP contribution in [-0.4, -0.2) is 53.7 Å². The van der Waals surface area contributed by atoms with Crippen LogP contribution in [0.5, 0.6) is 0 Å². The van der Waals surface area contributed by atoms with E-state index in [9.17, 15) is 14.8 Å². The Morgan fingerprint density at radius 2 is 2.00 bits per heavy atom. The topological polar surface area (TPSA) is 124 Å². The van der Waals surface area contributed by atoms with Crippen LogP contribution < -0.4 is 0 Å². The van der Waals surface area contributed by atoms with Crippen molar-refractivity contribution in [1.82, 2.24) is 5.01 Å². The Balaban J connectivity index is 4.33. The van der Waals surface area contributed by atoms with E-state index in [-0.39, 0.29) is 4.97 Å². The van der Waals surface area contributed by atoms with E-state index in [4.69, 9.17) is 5.11 Å². The highest BCUT2D eigenvalue weighted by molar-refractivity contribution is 5.72. The molecule has 0 aliphatic rings. The summed E-state index contributed by atoms with van der Waals surface area (Å²) in [7, 11) is 2.32. The second-order valence-corrected chi connectivity index (χ2v) is 3.17. The molecular formula is C8H15N3O7. The number of carbonyl (C=O) groups excluding carboxylic acids is 1. The van der Waals surface area contributed by atoms with Gasteiger partial charge in [0.1, 0.15) is 0 Å². The predicted molar refractivity (Wildman–Crippen MR) is 55.0 cm³/mol. The van der Waals surface area contributed by atoms with E-state index < -0.39 is 24.5 Å². The van der Waals surface area contributed by atoms with Gasteiger partial charge in [-0.2, -0.15) is 0 Å². The van der Waals surface area contributed by atoms with E-state index in [1.165, 1.54) is 20.9 Å². The minimum Gasteiger partial charge on any atom is -0.569 e. The van der Waals surface area contributed by atoms with Crippen LogP contribution in [0.25, 0.3) is 0 Å². The average molecular weight is 265 g/mol. The Hall–Kier alpha value is -2.26. The molecule has 0 radical (unpaired) electrons. The van der Waals surface area contributed by atoms with Gasteiger partial charge < -0.3 is 19.8 Å². The van der Waals surface area contributed by atoms with E-state index in [1.54, 1.807) is 0 Å². The molecule has 1 unspecified atom stereocenters. The summed E-state index contributed by atoms with van der Waals surface area (Å²) in [4.78, 5) is 25.7. The molecule has 0 saturated heterocycles. The first-order valence-corrected chi connectivity index (χ1v) is 4.83. The molecule has 0 saturated carbocycles. The fourth-order valence-corrected chi connectivity index (χ4v) is 0.677. The van der Waals surface area contributed by atoms with Crippen LogP contribution >= 0.6 is 0 Å². The van der Waals surface area contributed by atoms with Gasteiger partial charge in [-0.1, -0.05) is 0 Å². The van der Waals surface area contributed by atoms with Crippen LogP contribution in [0.1, 0.15) is 13.8 Å². The van der Waals surface area contributed by atoms with Crippen molar-refractivity contribution >= 4 is 12.1 Å². The number of carbonyl (C=O) groups is 2. The molecule has 0 fully saturated rings. The molecule has 0 bridgehead atoms. The van der Waals surface area contributed by atoms with Crippen LogP contribution in [0.15, 0.2) is 5.28 Å². The number of hydrogen-bond acceptors (Lipinski definition) is 7. The van der Waals surface area contributed by atoms with Crippen molar-refractivity contribution < 1.29 is 34.0 Å². The number of hydrogen-bond donors (Lipinski definition) is 1. The molecule has 0 rings (SSSR count). The third-order valence-corrected chi connectivity index (χ3v) is 1.88. The molecule has 0 heterocycles. The second-order valence-electron chi connectivity index (χ2n) is 3.17. The number of carboxylic acids is 1. The average Bonchev–Trinajstić information content (AvgIpc) is 2.33. The number of ether oxygens (including phenoxy) is 2. The molecule has 10 heteroatoms. The fraction of sp³-hybridized carbons (Fsp3) is 0.750. The molecule has 0 aromatic carbocycles. The van der Waals surface area contributed by atoms with Gasteiger partial charge in [-0.05, 0) is 6.92 Å². The van der Waals surface area contributed by atoms with Crippen molar-refractivity contribution in [2.45, 2.75) is 26.2 Å². The molecule has 0 aliphatic heterocycles. The van der Waals surface area contributed by atoms with Gasteiger partial charge in [0, 0.05) is 6.92 Å². The van der Waals surface area contributed by atoms with Gasteiger partial charge in [0.2, 0.25) is 5.28 Å². The minimum atomic E-state index is -1.20. The van der Waals surface area contributed by atoms with Crippen molar-refractivity contribution in [3.63, 3.8) is 0 Å². The lowest BCUT2D eigenvalue weighted by Gasteiger charge is -2.17. The maximum absolute atomic E-state index is 11.3. The van der Waals surface area contributed by atoms with Crippen LogP contribution in [0.4, 0.5) is 4.79 Å². The lowest BCUT2D eigenvalue weighted by Crippen LogP contribution is -2.40. The highest BCUT2D eigenvalue weighted by Gasteiger charge is 2.23. The van der Waals surface area contributed by atoms with Gasteiger partial charge in [-0.3, -0.25) is 4.84 Å². The zero-order valence-corrected chi connectivity index (χ0v) is 10.4. The van der Waals surface area contributed by atoms with E-state index in [1.807, 2.05) is 0 Å². The third-order valence-electron chi connectivity index (χ3n) is 1.88. The van der Waals surface area contributed by atoms with Crippen LogP contribution in [0, 0.1) is 5.21 Å². The maximum atomic E-state index is 11.3. The third kappa shape index (κ3) is 5.18. The molecule has 1 N–H and O–H groups in total. The molecular weight excluding hydrogens is 250 g/mol. The van der Waals surface area contributed by atoms with Gasteiger partial charge in [0.15, 0.2) is 6.04 Å². The molecule has 0 amide bonds. The molecule has 0 spiro atoms. The van der Waals surface area contributed by atoms with Gasteiger partial charge in [-0.15, -0.1) is 5.01 Å². The molecule has 104 valence electrons. The second kappa shape index (κ2) is 7.14. The number of nitrogens with zero attached hydrogens (tertiary/aromatic N) is 3. The summed E-state index contributed by atoms with van der Waals surface area (Å²) in [5.41, 5.74) is 0. The monoisotopic (exact) mass is 265 g/mol. The number of carboxylic acid groups (broad SMARTS) is 1. The van der Waals surface area contributed by atoms with Gasteiger partial charge in [0.05, 0.1) is 19.1 Å². The van der Waals surface area contributed by atoms with Crippen molar-refractivity contribution in [3.05, 3.63) is 5.21 Å².